The molecule has 1 atom stereocenters. The van der Waals surface area contributed by atoms with E-state index in [9.17, 15) is 18.0 Å². The predicted octanol–water partition coefficient (Wildman–Crippen LogP) is 1.73. The zero-order chi connectivity index (χ0) is 19.6. The molecule has 1 heterocycles. The molecule has 0 fully saturated rings. The molecule has 3 rings (SSSR count). The van der Waals surface area contributed by atoms with E-state index in [1.54, 1.807) is 12.1 Å². The van der Waals surface area contributed by atoms with Crippen LogP contribution in [0.4, 0.5) is 5.69 Å². The predicted molar refractivity (Wildman–Crippen MR) is 100 cm³/mol. The Bertz CT molecular complexity index is 987. The number of sulfonamides is 1. The number of fused-ring (bicyclic) bond motifs is 1. The number of anilines is 1. The number of nitrogens with one attached hydrogen (secondary N) is 1. The van der Waals surface area contributed by atoms with E-state index >= 15 is 0 Å². The van der Waals surface area contributed by atoms with Crippen molar-refractivity contribution in [3.8, 4) is 0 Å². The molecule has 2 aromatic rings. The summed E-state index contributed by atoms with van der Waals surface area (Å²) in [6.45, 7) is 1.42. The van der Waals surface area contributed by atoms with Crippen molar-refractivity contribution in [3.05, 3.63) is 59.7 Å². The third-order valence-corrected chi connectivity index (χ3v) is 6.31. The van der Waals surface area contributed by atoms with Crippen LogP contribution in [0, 0.1) is 0 Å². The second-order valence-corrected chi connectivity index (χ2v) is 8.07. The molecule has 0 saturated heterocycles. The molecule has 1 aliphatic heterocycles. The number of rotatable bonds is 5. The van der Waals surface area contributed by atoms with Crippen molar-refractivity contribution in [2.24, 2.45) is 0 Å². The first-order valence-corrected chi connectivity index (χ1v) is 9.88. The van der Waals surface area contributed by atoms with Crippen LogP contribution in [0.2, 0.25) is 0 Å². The number of carbonyl (C=O) groups excluding carboxylic acids is 2. The lowest BCUT2D eigenvalue weighted by atomic mass is 10.1. The standard InChI is InChI=1S/C19H20N2O5S/c1-13-10-14-6-3-4-9-17(14)21(13)27(24,25)16-8-5-7-15(11-16)19(23)26-12-18(22)20-2/h3-9,11,13H,10,12H2,1-2H3,(H,20,22)/t13-/m1/s1. The van der Waals surface area contributed by atoms with E-state index in [1.165, 1.54) is 35.6 Å². The lowest BCUT2D eigenvalue weighted by Crippen LogP contribution is -2.35. The Morgan fingerprint density at radius 2 is 1.93 bits per heavy atom. The highest BCUT2D eigenvalue weighted by Gasteiger charge is 2.36. The van der Waals surface area contributed by atoms with Gasteiger partial charge in [0.1, 0.15) is 0 Å². The quantitative estimate of drug-likeness (QED) is 0.788. The van der Waals surface area contributed by atoms with Gasteiger partial charge in [-0.3, -0.25) is 9.10 Å². The fourth-order valence-electron chi connectivity index (χ4n) is 3.09. The Morgan fingerprint density at radius 3 is 2.67 bits per heavy atom. The molecule has 1 amide bonds. The van der Waals surface area contributed by atoms with E-state index < -0.39 is 28.5 Å². The Hall–Kier alpha value is -2.87. The average Bonchev–Trinajstić information content (AvgIpc) is 3.02. The number of carbonyl (C=O) groups is 2. The van der Waals surface area contributed by atoms with Crippen molar-refractivity contribution in [2.45, 2.75) is 24.3 Å². The largest absolute Gasteiger partial charge is 0.452 e. The molecule has 1 aliphatic rings. The molecule has 0 spiro atoms. The number of benzene rings is 2. The molecular weight excluding hydrogens is 368 g/mol. The fourth-order valence-corrected chi connectivity index (χ4v) is 4.83. The summed E-state index contributed by atoms with van der Waals surface area (Å²) in [5.74, 6) is -1.21. The van der Waals surface area contributed by atoms with Crippen molar-refractivity contribution in [1.82, 2.24) is 5.32 Å². The summed E-state index contributed by atoms with van der Waals surface area (Å²) in [6, 6.07) is 12.8. The average molecular weight is 388 g/mol. The summed E-state index contributed by atoms with van der Waals surface area (Å²) in [7, 11) is -2.42. The summed E-state index contributed by atoms with van der Waals surface area (Å²) in [4.78, 5) is 23.3. The van der Waals surface area contributed by atoms with Gasteiger partial charge in [-0.25, -0.2) is 13.2 Å². The van der Waals surface area contributed by atoms with Crippen LogP contribution in [0.15, 0.2) is 53.4 Å². The number of amides is 1. The molecule has 0 bridgehead atoms. The molecular formula is C19H20N2O5S. The van der Waals surface area contributed by atoms with E-state index in [0.717, 1.165) is 5.56 Å². The molecule has 7 nitrogen and oxygen atoms in total. The number of para-hydroxylation sites is 1. The maximum atomic E-state index is 13.2. The van der Waals surface area contributed by atoms with E-state index in [2.05, 4.69) is 5.32 Å². The Morgan fingerprint density at radius 1 is 1.19 bits per heavy atom. The van der Waals surface area contributed by atoms with Gasteiger partial charge in [-0.15, -0.1) is 0 Å². The third-order valence-electron chi connectivity index (χ3n) is 4.38. The molecule has 0 aromatic heterocycles. The number of hydrogen-bond donors (Lipinski definition) is 1. The Kier molecular flexibility index (Phi) is 5.18. The first kappa shape index (κ1) is 18.9. The van der Waals surface area contributed by atoms with Crippen LogP contribution in [-0.2, 0) is 26.0 Å². The van der Waals surface area contributed by atoms with E-state index in [1.807, 2.05) is 19.1 Å². The maximum Gasteiger partial charge on any atom is 0.338 e. The summed E-state index contributed by atoms with van der Waals surface area (Å²) >= 11 is 0. The van der Waals surface area contributed by atoms with Crippen molar-refractivity contribution in [2.75, 3.05) is 18.0 Å². The van der Waals surface area contributed by atoms with Crippen molar-refractivity contribution >= 4 is 27.6 Å². The number of ether oxygens (including phenoxy) is 1. The van der Waals surface area contributed by atoms with Gasteiger partial charge in [-0.2, -0.15) is 0 Å². The van der Waals surface area contributed by atoms with Gasteiger partial charge in [-0.1, -0.05) is 24.3 Å². The zero-order valence-electron chi connectivity index (χ0n) is 15.0. The smallest absolute Gasteiger partial charge is 0.338 e. The molecule has 8 heteroatoms. The highest BCUT2D eigenvalue weighted by atomic mass is 32.2. The number of likely N-dealkylation sites (N-methyl/N-ethyl adjacent to an activating group) is 1. The van der Waals surface area contributed by atoms with E-state index in [4.69, 9.17) is 4.74 Å². The van der Waals surface area contributed by atoms with Crippen molar-refractivity contribution in [1.29, 1.82) is 0 Å². The van der Waals surface area contributed by atoms with Gasteiger partial charge in [0.25, 0.3) is 15.9 Å². The molecule has 1 N–H and O–H groups in total. The Balaban J connectivity index is 1.90. The van der Waals surface area contributed by atoms with Gasteiger partial charge in [0, 0.05) is 13.1 Å². The molecule has 27 heavy (non-hydrogen) atoms. The fraction of sp³-hybridized carbons (Fsp3) is 0.263. The van der Waals surface area contributed by atoms with Crippen LogP contribution in [0.25, 0.3) is 0 Å². The maximum absolute atomic E-state index is 13.2. The van der Waals surface area contributed by atoms with Crippen LogP contribution in [0.1, 0.15) is 22.8 Å². The summed E-state index contributed by atoms with van der Waals surface area (Å²) in [5.41, 5.74) is 1.69. The highest BCUT2D eigenvalue weighted by molar-refractivity contribution is 7.92. The first-order valence-electron chi connectivity index (χ1n) is 8.44. The van der Waals surface area contributed by atoms with Gasteiger partial charge in [-0.05, 0) is 43.2 Å². The van der Waals surface area contributed by atoms with E-state index in [-0.39, 0.29) is 16.5 Å². The van der Waals surface area contributed by atoms with Crippen LogP contribution in [0.3, 0.4) is 0 Å². The summed E-state index contributed by atoms with van der Waals surface area (Å²) < 4.78 is 32.7. The van der Waals surface area contributed by atoms with Crippen LogP contribution in [0.5, 0.6) is 0 Å². The number of esters is 1. The minimum absolute atomic E-state index is 0.000413. The molecule has 0 unspecified atom stereocenters. The second kappa shape index (κ2) is 7.40. The van der Waals surface area contributed by atoms with Crippen LogP contribution >= 0.6 is 0 Å². The minimum atomic E-state index is -3.85. The molecule has 0 saturated carbocycles. The van der Waals surface area contributed by atoms with Gasteiger partial charge in [0.15, 0.2) is 6.61 Å². The van der Waals surface area contributed by atoms with Crippen LogP contribution in [-0.4, -0.2) is 40.0 Å². The SMILES string of the molecule is CNC(=O)COC(=O)c1cccc(S(=O)(=O)N2c3ccccc3C[C@H]2C)c1. The molecule has 0 radical (unpaired) electrons. The van der Waals surface area contributed by atoms with Gasteiger partial charge in [0.05, 0.1) is 16.1 Å². The normalized spacial score (nSPS) is 15.9. The minimum Gasteiger partial charge on any atom is -0.452 e. The highest BCUT2D eigenvalue weighted by Crippen LogP contribution is 2.36. The number of nitrogens with zero attached hydrogens (tertiary/aromatic N) is 1. The van der Waals surface area contributed by atoms with Crippen molar-refractivity contribution in [3.63, 3.8) is 0 Å². The van der Waals surface area contributed by atoms with Gasteiger partial charge >= 0.3 is 5.97 Å². The summed E-state index contributed by atoms with van der Waals surface area (Å²) in [5, 5.41) is 2.34. The summed E-state index contributed by atoms with van der Waals surface area (Å²) in [6.07, 6.45) is 0.628. The molecule has 142 valence electrons. The lowest BCUT2D eigenvalue weighted by Gasteiger charge is -2.24. The van der Waals surface area contributed by atoms with Gasteiger partial charge < -0.3 is 10.1 Å². The number of hydrogen-bond acceptors (Lipinski definition) is 5. The first-order chi connectivity index (χ1) is 12.8. The topological polar surface area (TPSA) is 92.8 Å². The molecule has 2 aromatic carbocycles. The van der Waals surface area contributed by atoms with Gasteiger partial charge in [0.2, 0.25) is 0 Å². The lowest BCUT2D eigenvalue weighted by molar-refractivity contribution is -0.123. The third kappa shape index (κ3) is 3.66. The zero-order valence-corrected chi connectivity index (χ0v) is 15.8. The van der Waals surface area contributed by atoms with Crippen LogP contribution < -0.4 is 9.62 Å². The monoisotopic (exact) mass is 388 g/mol. The van der Waals surface area contributed by atoms with E-state index in [0.29, 0.717) is 12.1 Å². The Labute approximate surface area is 158 Å². The molecule has 0 aliphatic carbocycles. The van der Waals surface area contributed by atoms with Crippen molar-refractivity contribution < 1.29 is 22.7 Å². The second-order valence-electron chi connectivity index (χ2n) is 6.26.